The van der Waals surface area contributed by atoms with Crippen LogP contribution in [0.15, 0.2) is 35.4 Å². The fourth-order valence-electron chi connectivity index (χ4n) is 1.55. The molecule has 0 radical (unpaired) electrons. The van der Waals surface area contributed by atoms with Crippen LogP contribution in [0.5, 0.6) is 0 Å². The summed E-state index contributed by atoms with van der Waals surface area (Å²) in [6, 6.07) is 12.1. The summed E-state index contributed by atoms with van der Waals surface area (Å²) in [4.78, 5) is 8.91. The smallest absolute Gasteiger partial charge is 0.160 e. The minimum absolute atomic E-state index is 0.407. The van der Waals surface area contributed by atoms with Crippen LogP contribution in [0.3, 0.4) is 0 Å². The second kappa shape index (κ2) is 5.65. The van der Waals surface area contributed by atoms with Gasteiger partial charge in [-0.2, -0.15) is 5.26 Å². The molecule has 0 aliphatic rings. The molecule has 0 saturated heterocycles. The number of rotatable bonds is 3. The predicted octanol–water partition coefficient (Wildman–Crippen LogP) is 3.38. The summed E-state index contributed by atoms with van der Waals surface area (Å²) in [6.07, 6.45) is 0. The lowest BCUT2D eigenvalue weighted by Gasteiger charge is -2.05. The molecule has 18 heavy (non-hydrogen) atoms. The lowest BCUT2D eigenvalue weighted by molar-refractivity contribution is 1.02. The van der Waals surface area contributed by atoms with E-state index in [2.05, 4.69) is 23.0 Å². The summed E-state index contributed by atoms with van der Waals surface area (Å²) in [5.41, 5.74) is 3.13. The monoisotopic (exact) mass is 255 g/mol. The summed E-state index contributed by atoms with van der Waals surface area (Å²) in [5, 5.41) is 9.45. The summed E-state index contributed by atoms with van der Waals surface area (Å²) >= 11 is 1.43. The van der Waals surface area contributed by atoms with Gasteiger partial charge in [0.25, 0.3) is 0 Å². The van der Waals surface area contributed by atoms with Crippen molar-refractivity contribution in [2.45, 2.75) is 18.9 Å². The molecule has 0 saturated carbocycles. The highest BCUT2D eigenvalue weighted by Gasteiger charge is 2.05. The Bertz CT molecular complexity index is 585. The predicted molar refractivity (Wildman–Crippen MR) is 73.3 cm³/mol. The Morgan fingerprint density at radius 2 is 1.89 bits per heavy atom. The van der Waals surface area contributed by atoms with E-state index in [4.69, 9.17) is 5.26 Å². The van der Waals surface area contributed by atoms with Gasteiger partial charge in [-0.25, -0.2) is 9.97 Å². The van der Waals surface area contributed by atoms with Crippen molar-refractivity contribution < 1.29 is 0 Å². The van der Waals surface area contributed by atoms with Gasteiger partial charge in [0.15, 0.2) is 5.82 Å². The van der Waals surface area contributed by atoms with Crippen molar-refractivity contribution in [2.75, 3.05) is 5.75 Å². The van der Waals surface area contributed by atoms with E-state index >= 15 is 0 Å². The summed E-state index contributed by atoms with van der Waals surface area (Å²) < 4.78 is 0. The average molecular weight is 255 g/mol. The third kappa shape index (κ3) is 3.08. The van der Waals surface area contributed by atoms with Crippen LogP contribution in [0.2, 0.25) is 0 Å². The normalized spacial score (nSPS) is 10.1. The molecule has 0 bridgehead atoms. The first-order chi connectivity index (χ1) is 8.69. The van der Waals surface area contributed by atoms with Gasteiger partial charge in [-0.1, -0.05) is 41.6 Å². The standard InChI is InChI=1S/C14H13N3S/c1-10-3-5-12(6-4-10)14-16-11(2)9-13(17-14)18-8-7-15/h3-6,9H,8H2,1-2H3. The Hall–Kier alpha value is -1.86. The van der Waals surface area contributed by atoms with Crippen molar-refractivity contribution in [1.29, 1.82) is 5.26 Å². The second-order valence-electron chi connectivity index (χ2n) is 3.98. The van der Waals surface area contributed by atoms with Crippen molar-refractivity contribution >= 4 is 11.8 Å². The van der Waals surface area contributed by atoms with Crippen molar-refractivity contribution in [3.05, 3.63) is 41.6 Å². The van der Waals surface area contributed by atoms with Crippen LogP contribution in [-0.2, 0) is 0 Å². The van der Waals surface area contributed by atoms with E-state index in [1.54, 1.807) is 0 Å². The summed E-state index contributed by atoms with van der Waals surface area (Å²) in [5.74, 6) is 1.12. The van der Waals surface area contributed by atoms with E-state index in [1.807, 2.05) is 37.3 Å². The highest BCUT2D eigenvalue weighted by Crippen LogP contribution is 2.21. The van der Waals surface area contributed by atoms with Crippen molar-refractivity contribution in [1.82, 2.24) is 9.97 Å². The molecule has 4 heteroatoms. The van der Waals surface area contributed by atoms with Crippen LogP contribution in [0.4, 0.5) is 0 Å². The number of nitrogens with zero attached hydrogens (tertiary/aromatic N) is 3. The number of thioether (sulfide) groups is 1. The summed E-state index contributed by atoms with van der Waals surface area (Å²) in [6.45, 7) is 3.99. The molecule has 0 amide bonds. The number of benzene rings is 1. The lowest BCUT2D eigenvalue weighted by atomic mass is 10.1. The van der Waals surface area contributed by atoms with Crippen LogP contribution >= 0.6 is 11.8 Å². The number of hydrogen-bond donors (Lipinski definition) is 0. The molecule has 0 aliphatic heterocycles. The van der Waals surface area contributed by atoms with Gasteiger partial charge in [-0.15, -0.1) is 0 Å². The molecular formula is C14H13N3S. The first-order valence-corrected chi connectivity index (χ1v) is 6.60. The minimum atomic E-state index is 0.407. The van der Waals surface area contributed by atoms with E-state index in [-0.39, 0.29) is 0 Å². The highest BCUT2D eigenvalue weighted by molar-refractivity contribution is 7.99. The molecule has 1 aromatic carbocycles. The van der Waals surface area contributed by atoms with E-state index in [1.165, 1.54) is 17.3 Å². The molecule has 0 N–H and O–H groups in total. The third-order valence-electron chi connectivity index (χ3n) is 2.43. The van der Waals surface area contributed by atoms with E-state index in [0.717, 1.165) is 22.1 Å². The molecule has 2 aromatic rings. The molecule has 0 atom stereocenters. The van der Waals surface area contributed by atoms with Crippen LogP contribution in [0.1, 0.15) is 11.3 Å². The molecule has 0 fully saturated rings. The molecule has 90 valence electrons. The van der Waals surface area contributed by atoms with E-state index in [9.17, 15) is 0 Å². The van der Waals surface area contributed by atoms with Gasteiger partial charge >= 0.3 is 0 Å². The molecule has 2 rings (SSSR count). The molecule has 3 nitrogen and oxygen atoms in total. The second-order valence-corrected chi connectivity index (χ2v) is 4.98. The molecule has 0 aliphatic carbocycles. The first kappa shape index (κ1) is 12.6. The number of nitriles is 1. The maximum Gasteiger partial charge on any atom is 0.160 e. The van der Waals surface area contributed by atoms with Crippen LogP contribution in [0, 0.1) is 25.2 Å². The molecule has 0 spiro atoms. The fourth-order valence-corrected chi connectivity index (χ4v) is 2.17. The van der Waals surface area contributed by atoms with Crippen molar-refractivity contribution in [2.24, 2.45) is 0 Å². The van der Waals surface area contributed by atoms with Gasteiger partial charge in [-0.3, -0.25) is 0 Å². The van der Waals surface area contributed by atoms with Crippen molar-refractivity contribution in [3.8, 4) is 17.5 Å². The van der Waals surface area contributed by atoms with Crippen LogP contribution in [0.25, 0.3) is 11.4 Å². The van der Waals surface area contributed by atoms with Gasteiger partial charge in [0, 0.05) is 11.3 Å². The topological polar surface area (TPSA) is 49.6 Å². The minimum Gasteiger partial charge on any atom is -0.233 e. The van der Waals surface area contributed by atoms with Crippen LogP contribution < -0.4 is 0 Å². The SMILES string of the molecule is Cc1ccc(-c2nc(C)cc(SCC#N)n2)cc1. The Kier molecular flexibility index (Phi) is 3.96. The zero-order chi connectivity index (χ0) is 13.0. The fraction of sp³-hybridized carbons (Fsp3) is 0.214. The molecular weight excluding hydrogens is 242 g/mol. The number of hydrogen-bond acceptors (Lipinski definition) is 4. The zero-order valence-electron chi connectivity index (χ0n) is 10.3. The highest BCUT2D eigenvalue weighted by atomic mass is 32.2. The summed E-state index contributed by atoms with van der Waals surface area (Å²) in [7, 11) is 0. The van der Waals surface area contributed by atoms with Gasteiger partial charge < -0.3 is 0 Å². The quantitative estimate of drug-likeness (QED) is 0.623. The Labute approximate surface area is 111 Å². The maximum absolute atomic E-state index is 8.60. The zero-order valence-corrected chi connectivity index (χ0v) is 11.2. The van der Waals surface area contributed by atoms with Gasteiger partial charge in [0.05, 0.1) is 11.8 Å². The number of aromatic nitrogens is 2. The maximum atomic E-state index is 8.60. The van der Waals surface area contributed by atoms with Crippen LogP contribution in [-0.4, -0.2) is 15.7 Å². The Morgan fingerprint density at radius 1 is 1.17 bits per heavy atom. The van der Waals surface area contributed by atoms with E-state index in [0.29, 0.717) is 5.75 Å². The Morgan fingerprint density at radius 3 is 2.56 bits per heavy atom. The van der Waals surface area contributed by atoms with Crippen molar-refractivity contribution in [3.63, 3.8) is 0 Å². The average Bonchev–Trinajstić information content (AvgIpc) is 2.36. The first-order valence-electron chi connectivity index (χ1n) is 5.61. The largest absolute Gasteiger partial charge is 0.233 e. The third-order valence-corrected chi connectivity index (χ3v) is 3.20. The Balaban J connectivity index is 2.36. The van der Waals surface area contributed by atoms with Gasteiger partial charge in [0.1, 0.15) is 5.03 Å². The molecule has 1 aromatic heterocycles. The molecule has 0 unspecified atom stereocenters. The van der Waals surface area contributed by atoms with Gasteiger partial charge in [0.2, 0.25) is 0 Å². The van der Waals surface area contributed by atoms with Gasteiger partial charge in [-0.05, 0) is 19.9 Å². The molecule has 1 heterocycles. The van der Waals surface area contributed by atoms with E-state index < -0.39 is 0 Å². The number of aryl methyl sites for hydroxylation is 2. The lowest BCUT2D eigenvalue weighted by Crippen LogP contribution is -1.94.